The minimum absolute atomic E-state index is 0.0178. The van der Waals surface area contributed by atoms with Gasteiger partial charge in [-0.3, -0.25) is 0 Å². The first kappa shape index (κ1) is 16.3. The van der Waals surface area contributed by atoms with Gasteiger partial charge in [-0.2, -0.15) is 0 Å². The Morgan fingerprint density at radius 3 is 2.59 bits per heavy atom. The summed E-state index contributed by atoms with van der Waals surface area (Å²) in [4.78, 5) is 0. The highest BCUT2D eigenvalue weighted by Gasteiger charge is 2.13. The van der Waals surface area contributed by atoms with E-state index in [0.29, 0.717) is 12.2 Å². The van der Waals surface area contributed by atoms with E-state index in [2.05, 4.69) is 18.8 Å². The van der Waals surface area contributed by atoms with E-state index >= 15 is 0 Å². The Labute approximate surface area is 130 Å². The van der Waals surface area contributed by atoms with E-state index in [0.717, 1.165) is 31.7 Å². The molecule has 0 aliphatic heterocycles. The summed E-state index contributed by atoms with van der Waals surface area (Å²) in [6.07, 6.45) is 4.13. The standard InChI is InChI=1S/C19H20F2O/c1-3-5-6-7-11-22-18-13-17(20)16-12-14(8-4-2)9-10-15(16)19(18)21/h9-10,12-13H,3,5-7,11H2,1-2H3. The Kier molecular flexibility index (Phi) is 5.77. The maximum Gasteiger partial charge on any atom is 0.173 e. The number of unbranched alkanes of at least 4 members (excludes halogenated alkanes) is 3. The van der Waals surface area contributed by atoms with Gasteiger partial charge in [0.25, 0.3) is 0 Å². The zero-order valence-corrected chi connectivity index (χ0v) is 13.0. The van der Waals surface area contributed by atoms with Crippen molar-refractivity contribution in [3.63, 3.8) is 0 Å². The molecule has 2 aromatic rings. The molecule has 3 heteroatoms. The van der Waals surface area contributed by atoms with Crippen molar-refractivity contribution < 1.29 is 13.5 Å². The normalized spacial score (nSPS) is 10.4. The number of hydrogen-bond donors (Lipinski definition) is 0. The van der Waals surface area contributed by atoms with Gasteiger partial charge in [0, 0.05) is 22.4 Å². The van der Waals surface area contributed by atoms with Crippen LogP contribution in [0.4, 0.5) is 8.78 Å². The van der Waals surface area contributed by atoms with Crippen LogP contribution in [0.3, 0.4) is 0 Å². The molecule has 0 spiro atoms. The molecule has 116 valence electrons. The number of fused-ring (bicyclic) bond motifs is 1. The van der Waals surface area contributed by atoms with E-state index in [-0.39, 0.29) is 16.5 Å². The summed E-state index contributed by atoms with van der Waals surface area (Å²) in [5.41, 5.74) is 0.668. The summed E-state index contributed by atoms with van der Waals surface area (Å²) in [7, 11) is 0. The summed E-state index contributed by atoms with van der Waals surface area (Å²) in [5.74, 6) is 4.58. The van der Waals surface area contributed by atoms with Gasteiger partial charge in [-0.25, -0.2) is 8.78 Å². The Bertz CT molecular complexity index is 711. The van der Waals surface area contributed by atoms with Crippen molar-refractivity contribution in [1.82, 2.24) is 0 Å². The largest absolute Gasteiger partial charge is 0.490 e. The number of hydrogen-bond acceptors (Lipinski definition) is 1. The van der Waals surface area contributed by atoms with Gasteiger partial charge in [0.15, 0.2) is 11.6 Å². The maximum absolute atomic E-state index is 14.4. The molecule has 0 radical (unpaired) electrons. The predicted octanol–water partition coefficient (Wildman–Crippen LogP) is 5.45. The number of benzene rings is 2. The third-order valence-electron chi connectivity index (χ3n) is 3.51. The Hall–Kier alpha value is -2.08. The van der Waals surface area contributed by atoms with Crippen molar-refractivity contribution in [2.24, 2.45) is 0 Å². The lowest BCUT2D eigenvalue weighted by molar-refractivity contribution is 0.290. The smallest absolute Gasteiger partial charge is 0.173 e. The molecule has 0 bridgehead atoms. The third-order valence-corrected chi connectivity index (χ3v) is 3.51. The first-order chi connectivity index (χ1) is 10.7. The zero-order chi connectivity index (χ0) is 15.9. The van der Waals surface area contributed by atoms with Crippen LogP contribution >= 0.6 is 0 Å². The van der Waals surface area contributed by atoms with Gasteiger partial charge in [-0.1, -0.05) is 32.1 Å². The van der Waals surface area contributed by atoms with Crippen LogP contribution in [0.2, 0.25) is 0 Å². The second-order valence-electron chi connectivity index (χ2n) is 5.21. The number of halogens is 2. The van der Waals surface area contributed by atoms with Crippen molar-refractivity contribution in [1.29, 1.82) is 0 Å². The minimum Gasteiger partial charge on any atom is -0.490 e. The van der Waals surface area contributed by atoms with E-state index in [9.17, 15) is 8.78 Å². The van der Waals surface area contributed by atoms with E-state index < -0.39 is 11.6 Å². The molecule has 0 saturated carbocycles. The van der Waals surface area contributed by atoms with E-state index in [1.54, 1.807) is 25.1 Å². The molecule has 0 unspecified atom stereocenters. The van der Waals surface area contributed by atoms with Crippen LogP contribution in [0.25, 0.3) is 10.8 Å². The van der Waals surface area contributed by atoms with Crippen molar-refractivity contribution >= 4 is 10.8 Å². The molecular formula is C19H20F2O. The molecule has 2 aromatic carbocycles. The fraction of sp³-hybridized carbons (Fsp3) is 0.368. The summed E-state index contributed by atoms with van der Waals surface area (Å²) in [6.45, 7) is 4.23. The van der Waals surface area contributed by atoms with Gasteiger partial charge in [0.1, 0.15) is 5.82 Å². The highest BCUT2D eigenvalue weighted by molar-refractivity contribution is 5.86. The van der Waals surface area contributed by atoms with Gasteiger partial charge in [-0.05, 0) is 31.5 Å². The highest BCUT2D eigenvalue weighted by Crippen LogP contribution is 2.30. The van der Waals surface area contributed by atoms with Gasteiger partial charge < -0.3 is 4.74 Å². The molecule has 0 N–H and O–H groups in total. The van der Waals surface area contributed by atoms with Crippen LogP contribution < -0.4 is 4.74 Å². The van der Waals surface area contributed by atoms with Crippen LogP contribution in [-0.2, 0) is 0 Å². The van der Waals surface area contributed by atoms with Gasteiger partial charge in [0.05, 0.1) is 6.61 Å². The Morgan fingerprint density at radius 2 is 1.86 bits per heavy atom. The fourth-order valence-electron chi connectivity index (χ4n) is 2.36. The monoisotopic (exact) mass is 302 g/mol. The molecule has 0 heterocycles. The molecule has 1 nitrogen and oxygen atoms in total. The SMILES string of the molecule is CC#Cc1ccc2c(F)c(OCCCCCC)cc(F)c2c1. The minimum atomic E-state index is -0.511. The summed E-state index contributed by atoms with van der Waals surface area (Å²) in [6, 6.07) is 5.93. The van der Waals surface area contributed by atoms with Crippen LogP contribution in [0.5, 0.6) is 5.75 Å². The summed E-state index contributed by atoms with van der Waals surface area (Å²) in [5, 5.41) is 0.460. The van der Waals surface area contributed by atoms with Crippen LogP contribution in [-0.4, -0.2) is 6.61 Å². The van der Waals surface area contributed by atoms with Crippen molar-refractivity contribution in [2.45, 2.75) is 39.5 Å². The predicted molar refractivity (Wildman–Crippen MR) is 86.1 cm³/mol. The molecular weight excluding hydrogens is 282 g/mol. The first-order valence-electron chi connectivity index (χ1n) is 7.64. The second kappa shape index (κ2) is 7.79. The highest BCUT2D eigenvalue weighted by atomic mass is 19.1. The quantitative estimate of drug-likeness (QED) is 0.509. The lowest BCUT2D eigenvalue weighted by Gasteiger charge is -2.10. The summed E-state index contributed by atoms with van der Waals surface area (Å²) >= 11 is 0. The Morgan fingerprint density at radius 1 is 1.05 bits per heavy atom. The molecule has 0 aliphatic rings. The first-order valence-corrected chi connectivity index (χ1v) is 7.64. The second-order valence-corrected chi connectivity index (χ2v) is 5.21. The summed E-state index contributed by atoms with van der Waals surface area (Å²) < 4.78 is 34.0. The van der Waals surface area contributed by atoms with Crippen molar-refractivity contribution in [2.75, 3.05) is 6.61 Å². The molecule has 0 aromatic heterocycles. The zero-order valence-electron chi connectivity index (χ0n) is 13.0. The molecule has 0 saturated heterocycles. The fourth-order valence-corrected chi connectivity index (χ4v) is 2.36. The van der Waals surface area contributed by atoms with Crippen LogP contribution in [0.15, 0.2) is 24.3 Å². The average molecular weight is 302 g/mol. The molecule has 2 rings (SSSR count). The molecule has 0 atom stereocenters. The van der Waals surface area contributed by atoms with Crippen molar-refractivity contribution in [3.8, 4) is 17.6 Å². The third kappa shape index (κ3) is 3.76. The number of ether oxygens (including phenoxy) is 1. The van der Waals surface area contributed by atoms with Crippen LogP contribution in [0, 0.1) is 23.5 Å². The van der Waals surface area contributed by atoms with Gasteiger partial charge in [-0.15, -0.1) is 5.92 Å². The topological polar surface area (TPSA) is 9.23 Å². The molecule has 22 heavy (non-hydrogen) atoms. The average Bonchev–Trinajstić information content (AvgIpc) is 2.52. The van der Waals surface area contributed by atoms with E-state index in [4.69, 9.17) is 4.74 Å². The van der Waals surface area contributed by atoms with E-state index in [1.807, 2.05) is 0 Å². The number of rotatable bonds is 6. The molecule has 0 aliphatic carbocycles. The lowest BCUT2D eigenvalue weighted by atomic mass is 10.1. The lowest BCUT2D eigenvalue weighted by Crippen LogP contribution is -2.01. The van der Waals surface area contributed by atoms with Crippen molar-refractivity contribution in [3.05, 3.63) is 41.5 Å². The van der Waals surface area contributed by atoms with E-state index in [1.165, 1.54) is 0 Å². The molecule has 0 fully saturated rings. The van der Waals surface area contributed by atoms with Crippen LogP contribution in [0.1, 0.15) is 45.1 Å². The van der Waals surface area contributed by atoms with Gasteiger partial charge >= 0.3 is 0 Å². The van der Waals surface area contributed by atoms with Gasteiger partial charge in [0.2, 0.25) is 0 Å². The molecule has 0 amide bonds. The maximum atomic E-state index is 14.4. The Balaban J connectivity index is 2.24.